The second-order valence-electron chi connectivity index (χ2n) is 4.65. The second-order valence-corrected chi connectivity index (χ2v) is 5.09. The Morgan fingerprint density at radius 3 is 2.76 bits per heavy atom. The van der Waals surface area contributed by atoms with Crippen molar-refractivity contribution in [3.05, 3.63) is 52.9 Å². The summed E-state index contributed by atoms with van der Waals surface area (Å²) in [4.78, 5) is 15.4. The Kier molecular flexibility index (Phi) is 8.59. The number of urea groups is 1. The van der Waals surface area contributed by atoms with Crippen LogP contribution in [0.3, 0.4) is 0 Å². The van der Waals surface area contributed by atoms with Crippen molar-refractivity contribution in [1.82, 2.24) is 5.32 Å². The molecule has 1 aromatic carbocycles. The number of hydrogen-bond donors (Lipinski definition) is 3. The molecule has 1 unspecified atom stereocenters. The molecule has 0 saturated carbocycles. The number of hydrogen-bond acceptors (Lipinski definition) is 4. The fraction of sp³-hybridized carbons (Fsp3) is 0.250. The van der Waals surface area contributed by atoms with Gasteiger partial charge in [0.1, 0.15) is 0 Å². The minimum absolute atomic E-state index is 0.312. The van der Waals surface area contributed by atoms with Crippen molar-refractivity contribution in [2.75, 3.05) is 11.9 Å². The molecule has 0 radical (unpaired) electrons. The van der Waals surface area contributed by atoms with Gasteiger partial charge in [0, 0.05) is 16.8 Å². The summed E-state index contributed by atoms with van der Waals surface area (Å²) in [6.45, 7) is 1.20. The van der Waals surface area contributed by atoms with Gasteiger partial charge in [0.2, 0.25) is 5.88 Å². The van der Waals surface area contributed by atoms with Crippen molar-refractivity contribution in [2.24, 2.45) is 4.99 Å². The number of aliphatic hydroxyl groups excluding tert-OH is 1. The van der Waals surface area contributed by atoms with Gasteiger partial charge in [-0.15, -0.1) is 0 Å². The first kappa shape index (κ1) is 20.6. The Morgan fingerprint density at radius 2 is 2.24 bits per heavy atom. The van der Waals surface area contributed by atoms with Gasteiger partial charge in [-0.2, -0.15) is 8.78 Å². The number of anilines is 1. The first-order chi connectivity index (χ1) is 11.9. The summed E-state index contributed by atoms with van der Waals surface area (Å²) < 4.78 is 28.7. The molecule has 0 aliphatic rings. The van der Waals surface area contributed by atoms with Crippen LogP contribution in [-0.4, -0.2) is 37.1 Å². The largest absolute Gasteiger partial charge is 0.417 e. The molecule has 0 fully saturated rings. The Morgan fingerprint density at radius 1 is 1.52 bits per heavy atom. The quantitative estimate of drug-likeness (QED) is 0.370. The van der Waals surface area contributed by atoms with E-state index in [0.717, 1.165) is 6.08 Å². The molecule has 0 heterocycles. The molecule has 25 heavy (non-hydrogen) atoms. The Hall–Kier alpha value is -2.45. The maximum Gasteiger partial charge on any atom is 0.388 e. The third kappa shape index (κ3) is 7.32. The molecule has 0 aliphatic carbocycles. The standard InChI is InChI=1S/C16H18ClF2N3O3/c1-3-10(7-14(20-2)25-15(18)19)13(9-23)22-16(24)21-12-6-4-5-11(17)8-12/h3-8,13,15,23H,2,9H2,1H3,(H2,21,22,24)/b10-3+,14-7+. The number of aliphatic imine (C=N–C) groups is 1. The summed E-state index contributed by atoms with van der Waals surface area (Å²) in [7, 11) is 0. The molecule has 1 atom stereocenters. The first-order valence-corrected chi connectivity index (χ1v) is 7.50. The molecule has 3 N–H and O–H groups in total. The van der Waals surface area contributed by atoms with Crippen LogP contribution in [0.15, 0.2) is 52.9 Å². The summed E-state index contributed by atoms with van der Waals surface area (Å²) in [6.07, 6.45) is 2.67. The SMILES string of the molecule is C=N/C(=C\C(=C/C)C(CO)NC(=O)Nc1cccc(Cl)c1)OC(F)F. The number of carbonyl (C=O) groups excluding carboxylic acids is 1. The van der Waals surface area contributed by atoms with Gasteiger partial charge >= 0.3 is 12.6 Å². The van der Waals surface area contributed by atoms with Crippen molar-refractivity contribution >= 4 is 30.0 Å². The molecule has 136 valence electrons. The Bertz CT molecular complexity index is 666. The number of carbonyl (C=O) groups is 1. The van der Waals surface area contributed by atoms with Gasteiger partial charge in [-0.1, -0.05) is 23.7 Å². The highest BCUT2D eigenvalue weighted by Crippen LogP contribution is 2.16. The minimum atomic E-state index is -3.07. The van der Waals surface area contributed by atoms with Crippen molar-refractivity contribution in [3.63, 3.8) is 0 Å². The van der Waals surface area contributed by atoms with Crippen LogP contribution in [0.1, 0.15) is 6.92 Å². The van der Waals surface area contributed by atoms with E-state index in [1.807, 2.05) is 0 Å². The molecule has 0 spiro atoms. The molecule has 1 aromatic rings. The number of allylic oxidation sites excluding steroid dienone is 1. The maximum atomic E-state index is 12.3. The predicted octanol–water partition coefficient (Wildman–Crippen LogP) is 3.55. The molecule has 0 saturated heterocycles. The Labute approximate surface area is 148 Å². The summed E-state index contributed by atoms with van der Waals surface area (Å²) in [6, 6.07) is 5.00. The van der Waals surface area contributed by atoms with Crippen LogP contribution < -0.4 is 10.6 Å². The molecule has 0 bridgehead atoms. The number of nitrogens with zero attached hydrogens (tertiary/aromatic N) is 1. The van der Waals surface area contributed by atoms with Crippen LogP contribution in [0.4, 0.5) is 19.3 Å². The molecule has 1 rings (SSSR count). The van der Waals surface area contributed by atoms with E-state index >= 15 is 0 Å². The number of alkyl halides is 2. The van der Waals surface area contributed by atoms with Crippen LogP contribution in [-0.2, 0) is 4.74 Å². The smallest absolute Gasteiger partial charge is 0.388 e. The third-order valence-corrected chi connectivity index (χ3v) is 3.20. The third-order valence-electron chi connectivity index (χ3n) is 2.96. The summed E-state index contributed by atoms with van der Waals surface area (Å²) >= 11 is 5.83. The van der Waals surface area contributed by atoms with Crippen molar-refractivity contribution < 1.29 is 23.4 Å². The molecule has 2 amide bonds. The highest BCUT2D eigenvalue weighted by atomic mass is 35.5. The molecular formula is C16H18ClF2N3O3. The van der Waals surface area contributed by atoms with E-state index in [0.29, 0.717) is 16.3 Å². The molecule has 0 aromatic heterocycles. The minimum Gasteiger partial charge on any atom is -0.417 e. The number of aliphatic hydroxyl groups is 1. The number of ether oxygens (including phenoxy) is 1. The highest BCUT2D eigenvalue weighted by molar-refractivity contribution is 6.30. The molecular weight excluding hydrogens is 356 g/mol. The van der Waals surface area contributed by atoms with Gasteiger partial charge in [0.15, 0.2) is 0 Å². The first-order valence-electron chi connectivity index (χ1n) is 7.13. The zero-order chi connectivity index (χ0) is 18.8. The predicted molar refractivity (Wildman–Crippen MR) is 93.0 cm³/mol. The van der Waals surface area contributed by atoms with Gasteiger partial charge in [-0.3, -0.25) is 0 Å². The number of amides is 2. The van der Waals surface area contributed by atoms with Gasteiger partial charge in [0.05, 0.1) is 12.6 Å². The van der Waals surface area contributed by atoms with E-state index in [9.17, 15) is 18.7 Å². The fourth-order valence-electron chi connectivity index (χ4n) is 1.86. The summed E-state index contributed by atoms with van der Waals surface area (Å²) in [5.41, 5.74) is 0.764. The van der Waals surface area contributed by atoms with E-state index < -0.39 is 31.2 Å². The zero-order valence-corrected chi connectivity index (χ0v) is 14.1. The number of benzene rings is 1. The fourth-order valence-corrected chi connectivity index (χ4v) is 2.05. The Balaban J connectivity index is 2.83. The molecule has 9 heteroatoms. The van der Waals surface area contributed by atoms with Crippen LogP contribution in [0.5, 0.6) is 0 Å². The topological polar surface area (TPSA) is 83.0 Å². The lowest BCUT2D eigenvalue weighted by Crippen LogP contribution is -2.41. The van der Waals surface area contributed by atoms with Crippen LogP contribution in [0, 0.1) is 0 Å². The second kappa shape index (κ2) is 10.4. The average Bonchev–Trinajstić information content (AvgIpc) is 2.56. The highest BCUT2D eigenvalue weighted by Gasteiger charge is 2.16. The maximum absolute atomic E-state index is 12.3. The monoisotopic (exact) mass is 373 g/mol. The molecule has 6 nitrogen and oxygen atoms in total. The number of halogens is 3. The van der Waals surface area contributed by atoms with Gasteiger partial charge in [-0.05, 0) is 37.4 Å². The lowest BCUT2D eigenvalue weighted by atomic mass is 10.1. The normalized spacial score (nSPS) is 13.4. The van der Waals surface area contributed by atoms with Crippen molar-refractivity contribution in [1.29, 1.82) is 0 Å². The van der Waals surface area contributed by atoms with E-state index in [1.54, 1.807) is 31.2 Å². The summed E-state index contributed by atoms with van der Waals surface area (Å²) in [5.74, 6) is -0.432. The lowest BCUT2D eigenvalue weighted by Gasteiger charge is -2.18. The number of nitrogens with one attached hydrogen (secondary N) is 2. The van der Waals surface area contributed by atoms with E-state index in [2.05, 4.69) is 27.1 Å². The van der Waals surface area contributed by atoms with Crippen molar-refractivity contribution in [2.45, 2.75) is 19.6 Å². The summed E-state index contributed by atoms with van der Waals surface area (Å²) in [5, 5.41) is 15.0. The van der Waals surface area contributed by atoms with Crippen molar-refractivity contribution in [3.8, 4) is 0 Å². The van der Waals surface area contributed by atoms with E-state index in [-0.39, 0.29) is 0 Å². The molecule has 0 aliphatic heterocycles. The van der Waals surface area contributed by atoms with Gasteiger partial charge < -0.3 is 20.5 Å². The number of rotatable bonds is 8. The average molecular weight is 374 g/mol. The van der Waals surface area contributed by atoms with Crippen LogP contribution in [0.25, 0.3) is 0 Å². The van der Waals surface area contributed by atoms with Crippen LogP contribution in [0.2, 0.25) is 5.02 Å². The van der Waals surface area contributed by atoms with Crippen LogP contribution >= 0.6 is 11.6 Å². The van der Waals surface area contributed by atoms with Gasteiger partial charge in [-0.25, -0.2) is 9.79 Å². The van der Waals surface area contributed by atoms with E-state index in [4.69, 9.17) is 11.6 Å². The van der Waals surface area contributed by atoms with E-state index in [1.165, 1.54) is 6.08 Å². The zero-order valence-electron chi connectivity index (χ0n) is 13.4. The van der Waals surface area contributed by atoms with Gasteiger partial charge in [0.25, 0.3) is 0 Å². The lowest BCUT2D eigenvalue weighted by molar-refractivity contribution is -0.0964.